The topological polar surface area (TPSA) is 64.3 Å². The van der Waals surface area contributed by atoms with E-state index in [1.54, 1.807) is 0 Å². The minimum atomic E-state index is 0.0451. The first-order valence-electron chi connectivity index (χ1n) is 6.94. The van der Waals surface area contributed by atoms with E-state index >= 15 is 0 Å². The van der Waals surface area contributed by atoms with Crippen molar-refractivity contribution in [2.24, 2.45) is 23.0 Å². The van der Waals surface area contributed by atoms with Gasteiger partial charge < -0.3 is 15.8 Å². The fourth-order valence-electron chi connectivity index (χ4n) is 2.44. The maximum absolute atomic E-state index is 12.3. The standard InChI is InChI=1S/C14H28N2O2/c1-10-9-18-8-6-11(10)13(17)16-12(5-7-15)14(2,3)4/h10-12H,5-9,15H2,1-4H3,(H,16,17). The largest absolute Gasteiger partial charge is 0.381 e. The number of carbonyl (C=O) groups is 1. The van der Waals surface area contributed by atoms with E-state index in [0.29, 0.717) is 25.7 Å². The van der Waals surface area contributed by atoms with Gasteiger partial charge in [-0.05, 0) is 30.7 Å². The zero-order chi connectivity index (χ0) is 13.8. The van der Waals surface area contributed by atoms with Gasteiger partial charge in [0.2, 0.25) is 5.91 Å². The molecule has 0 aromatic rings. The van der Waals surface area contributed by atoms with Gasteiger partial charge in [0.15, 0.2) is 0 Å². The van der Waals surface area contributed by atoms with Crippen LogP contribution in [0.25, 0.3) is 0 Å². The van der Waals surface area contributed by atoms with Gasteiger partial charge in [-0.3, -0.25) is 4.79 Å². The number of amides is 1. The molecule has 0 spiro atoms. The van der Waals surface area contributed by atoms with Crippen LogP contribution in [0, 0.1) is 17.3 Å². The summed E-state index contributed by atoms with van der Waals surface area (Å²) in [6, 6.07) is 0.144. The second kappa shape index (κ2) is 6.53. The zero-order valence-corrected chi connectivity index (χ0v) is 12.2. The molecule has 1 fully saturated rings. The first-order valence-corrected chi connectivity index (χ1v) is 6.94. The number of hydrogen-bond donors (Lipinski definition) is 2. The average Bonchev–Trinajstić information content (AvgIpc) is 2.27. The lowest BCUT2D eigenvalue weighted by molar-refractivity contribution is -0.132. The molecule has 4 nitrogen and oxygen atoms in total. The summed E-state index contributed by atoms with van der Waals surface area (Å²) in [6.45, 7) is 10.5. The summed E-state index contributed by atoms with van der Waals surface area (Å²) >= 11 is 0. The smallest absolute Gasteiger partial charge is 0.223 e. The molecule has 1 heterocycles. The molecule has 0 bridgehead atoms. The third-order valence-corrected chi connectivity index (χ3v) is 3.79. The lowest BCUT2D eigenvalue weighted by Crippen LogP contribution is -2.49. The van der Waals surface area contributed by atoms with Crippen molar-refractivity contribution in [1.29, 1.82) is 0 Å². The van der Waals surface area contributed by atoms with Gasteiger partial charge in [-0.25, -0.2) is 0 Å². The van der Waals surface area contributed by atoms with E-state index < -0.39 is 0 Å². The highest BCUT2D eigenvalue weighted by Crippen LogP contribution is 2.25. The summed E-state index contributed by atoms with van der Waals surface area (Å²) in [5.41, 5.74) is 5.68. The highest BCUT2D eigenvalue weighted by atomic mass is 16.5. The zero-order valence-electron chi connectivity index (χ0n) is 12.2. The number of nitrogens with two attached hydrogens (primary N) is 1. The number of hydrogen-bond acceptors (Lipinski definition) is 3. The van der Waals surface area contributed by atoms with Gasteiger partial charge in [0.25, 0.3) is 0 Å². The van der Waals surface area contributed by atoms with Crippen LogP contribution in [0.2, 0.25) is 0 Å². The molecule has 0 saturated carbocycles. The molecular formula is C14H28N2O2. The van der Waals surface area contributed by atoms with Crippen molar-refractivity contribution in [2.75, 3.05) is 19.8 Å². The molecule has 1 aliphatic rings. The van der Waals surface area contributed by atoms with Crippen molar-refractivity contribution in [1.82, 2.24) is 5.32 Å². The van der Waals surface area contributed by atoms with E-state index in [4.69, 9.17) is 10.5 Å². The number of ether oxygens (including phenoxy) is 1. The van der Waals surface area contributed by atoms with E-state index in [1.807, 2.05) is 0 Å². The van der Waals surface area contributed by atoms with Crippen LogP contribution in [0.1, 0.15) is 40.5 Å². The second-order valence-electron chi connectivity index (χ2n) is 6.45. The second-order valence-corrected chi connectivity index (χ2v) is 6.45. The third-order valence-electron chi connectivity index (χ3n) is 3.79. The van der Waals surface area contributed by atoms with E-state index in [1.165, 1.54) is 0 Å². The Kier molecular flexibility index (Phi) is 5.60. The molecule has 106 valence electrons. The molecular weight excluding hydrogens is 228 g/mol. The Balaban J connectivity index is 2.60. The minimum Gasteiger partial charge on any atom is -0.381 e. The number of nitrogens with one attached hydrogen (secondary N) is 1. The Hall–Kier alpha value is -0.610. The van der Waals surface area contributed by atoms with Gasteiger partial charge in [0.05, 0.1) is 0 Å². The summed E-state index contributed by atoms with van der Waals surface area (Å²) in [4.78, 5) is 12.3. The Bertz CT molecular complexity index is 273. The van der Waals surface area contributed by atoms with Crippen LogP contribution in [0.15, 0.2) is 0 Å². The number of rotatable bonds is 4. The molecule has 1 rings (SSSR count). The first kappa shape index (κ1) is 15.4. The predicted octanol–water partition coefficient (Wildman–Crippen LogP) is 1.54. The fourth-order valence-corrected chi connectivity index (χ4v) is 2.44. The molecule has 3 atom stereocenters. The molecule has 3 N–H and O–H groups in total. The Labute approximate surface area is 111 Å². The third kappa shape index (κ3) is 4.25. The molecule has 18 heavy (non-hydrogen) atoms. The van der Waals surface area contributed by atoms with Crippen molar-refractivity contribution < 1.29 is 9.53 Å². The summed E-state index contributed by atoms with van der Waals surface area (Å²) in [5, 5.41) is 3.18. The van der Waals surface area contributed by atoms with Crippen LogP contribution in [0.3, 0.4) is 0 Å². The highest BCUT2D eigenvalue weighted by molar-refractivity contribution is 5.79. The van der Waals surface area contributed by atoms with E-state index in [9.17, 15) is 4.79 Å². The Morgan fingerprint density at radius 3 is 2.67 bits per heavy atom. The van der Waals surface area contributed by atoms with Crippen LogP contribution < -0.4 is 11.1 Å². The fraction of sp³-hybridized carbons (Fsp3) is 0.929. The SMILES string of the molecule is CC1COCCC1C(=O)NC(CCN)C(C)(C)C. The lowest BCUT2D eigenvalue weighted by Gasteiger charge is -2.35. The van der Waals surface area contributed by atoms with Crippen LogP contribution >= 0.6 is 0 Å². The van der Waals surface area contributed by atoms with Crippen molar-refractivity contribution in [3.8, 4) is 0 Å². The van der Waals surface area contributed by atoms with E-state index in [2.05, 4.69) is 33.0 Å². The van der Waals surface area contributed by atoms with Gasteiger partial charge in [-0.1, -0.05) is 27.7 Å². The van der Waals surface area contributed by atoms with Gasteiger partial charge in [-0.2, -0.15) is 0 Å². The molecule has 0 aliphatic carbocycles. The van der Waals surface area contributed by atoms with Crippen LogP contribution in [-0.4, -0.2) is 31.7 Å². The number of carbonyl (C=O) groups excluding carboxylic acids is 1. The average molecular weight is 256 g/mol. The van der Waals surface area contributed by atoms with Crippen LogP contribution in [-0.2, 0) is 9.53 Å². The normalized spacial score (nSPS) is 26.7. The summed E-state index contributed by atoms with van der Waals surface area (Å²) in [6.07, 6.45) is 1.65. The van der Waals surface area contributed by atoms with Gasteiger partial charge in [0, 0.05) is 25.2 Å². The summed E-state index contributed by atoms with van der Waals surface area (Å²) in [7, 11) is 0. The quantitative estimate of drug-likeness (QED) is 0.802. The highest BCUT2D eigenvalue weighted by Gasteiger charge is 2.32. The molecule has 0 radical (unpaired) electrons. The van der Waals surface area contributed by atoms with Crippen LogP contribution in [0.4, 0.5) is 0 Å². The Morgan fingerprint density at radius 2 is 2.17 bits per heavy atom. The lowest BCUT2D eigenvalue weighted by atomic mass is 9.83. The van der Waals surface area contributed by atoms with E-state index in [0.717, 1.165) is 12.8 Å². The predicted molar refractivity (Wildman–Crippen MR) is 73.1 cm³/mol. The van der Waals surface area contributed by atoms with Crippen molar-refractivity contribution >= 4 is 5.91 Å². The molecule has 3 unspecified atom stereocenters. The maximum Gasteiger partial charge on any atom is 0.223 e. The van der Waals surface area contributed by atoms with Gasteiger partial charge in [0.1, 0.15) is 0 Å². The molecule has 1 saturated heterocycles. The van der Waals surface area contributed by atoms with E-state index in [-0.39, 0.29) is 23.3 Å². The molecule has 0 aromatic carbocycles. The molecule has 4 heteroatoms. The monoisotopic (exact) mass is 256 g/mol. The summed E-state index contributed by atoms with van der Waals surface area (Å²) < 4.78 is 5.38. The minimum absolute atomic E-state index is 0.0451. The van der Waals surface area contributed by atoms with Gasteiger partial charge in [-0.15, -0.1) is 0 Å². The first-order chi connectivity index (χ1) is 8.36. The summed E-state index contributed by atoms with van der Waals surface area (Å²) in [5.74, 6) is 0.554. The molecule has 1 amide bonds. The van der Waals surface area contributed by atoms with Crippen molar-refractivity contribution in [2.45, 2.75) is 46.6 Å². The maximum atomic E-state index is 12.3. The van der Waals surface area contributed by atoms with Crippen molar-refractivity contribution in [3.05, 3.63) is 0 Å². The van der Waals surface area contributed by atoms with Crippen LogP contribution in [0.5, 0.6) is 0 Å². The van der Waals surface area contributed by atoms with Gasteiger partial charge >= 0.3 is 0 Å². The molecule has 0 aromatic heterocycles. The Morgan fingerprint density at radius 1 is 1.50 bits per heavy atom. The van der Waals surface area contributed by atoms with Crippen molar-refractivity contribution in [3.63, 3.8) is 0 Å². The molecule has 1 aliphatic heterocycles.